The molecule has 0 aliphatic carbocycles. The Kier molecular flexibility index (Phi) is 3.02. The molecule has 1 amide bonds. The van der Waals surface area contributed by atoms with Crippen LogP contribution in [0.2, 0.25) is 0 Å². The minimum Gasteiger partial charge on any atom is -0.296 e. The van der Waals surface area contributed by atoms with E-state index >= 15 is 0 Å². The van der Waals surface area contributed by atoms with Gasteiger partial charge >= 0.3 is 0 Å². The van der Waals surface area contributed by atoms with Crippen LogP contribution in [0.15, 0.2) is 24.4 Å². The second kappa shape index (κ2) is 4.72. The van der Waals surface area contributed by atoms with Crippen LogP contribution in [0.25, 0.3) is 10.2 Å². The first-order valence-corrected chi connectivity index (χ1v) is 7.03. The van der Waals surface area contributed by atoms with E-state index in [9.17, 15) is 4.79 Å². The van der Waals surface area contributed by atoms with Crippen molar-refractivity contribution in [2.45, 2.75) is 13.8 Å². The van der Waals surface area contributed by atoms with Crippen LogP contribution in [-0.4, -0.2) is 20.7 Å². The van der Waals surface area contributed by atoms with Crippen molar-refractivity contribution in [1.82, 2.24) is 14.8 Å². The fourth-order valence-electron chi connectivity index (χ4n) is 2.07. The summed E-state index contributed by atoms with van der Waals surface area (Å²) in [6, 6.07) is 6.04. The molecular weight excluding hydrogens is 272 g/mol. The molecule has 0 bridgehead atoms. The van der Waals surface area contributed by atoms with Gasteiger partial charge in [-0.2, -0.15) is 5.10 Å². The van der Waals surface area contributed by atoms with Gasteiger partial charge in [0.1, 0.15) is 0 Å². The number of amides is 1. The smallest absolute Gasteiger partial charge is 0.278 e. The molecule has 2 heterocycles. The number of rotatable bonds is 2. The Labute approximate surface area is 120 Å². The van der Waals surface area contributed by atoms with E-state index in [1.807, 2.05) is 32.2 Å². The van der Waals surface area contributed by atoms with E-state index in [1.54, 1.807) is 11.7 Å². The fraction of sp³-hybridized carbons (Fsp3) is 0.214. The molecule has 1 aromatic carbocycles. The number of anilines is 1. The Balaban J connectivity index is 1.89. The van der Waals surface area contributed by atoms with Crippen LogP contribution in [-0.2, 0) is 7.05 Å². The molecule has 0 saturated heterocycles. The van der Waals surface area contributed by atoms with Crippen molar-refractivity contribution in [2.24, 2.45) is 7.05 Å². The average Bonchev–Trinajstić information content (AvgIpc) is 2.91. The highest BCUT2D eigenvalue weighted by atomic mass is 32.1. The lowest BCUT2D eigenvalue weighted by Gasteiger charge is -1.98. The fourth-order valence-corrected chi connectivity index (χ4v) is 3.03. The standard InChI is InChI=1S/C14H14N4OS/c1-8-4-5-10-11(6-8)20-14(15-10)16-13(19)12-9(2)7-18(3)17-12/h4-7H,1-3H3,(H,15,16,19). The molecule has 6 heteroatoms. The van der Waals surface area contributed by atoms with Crippen LogP contribution in [0.1, 0.15) is 21.6 Å². The van der Waals surface area contributed by atoms with Crippen molar-refractivity contribution in [1.29, 1.82) is 0 Å². The zero-order chi connectivity index (χ0) is 14.3. The SMILES string of the molecule is Cc1ccc2nc(NC(=O)c3nn(C)cc3C)sc2c1. The molecule has 0 radical (unpaired) electrons. The number of carbonyl (C=O) groups is 1. The summed E-state index contributed by atoms with van der Waals surface area (Å²) in [5, 5.41) is 7.57. The Bertz CT molecular complexity index is 803. The normalized spacial score (nSPS) is 10.9. The summed E-state index contributed by atoms with van der Waals surface area (Å²) in [5.74, 6) is -0.223. The van der Waals surface area contributed by atoms with Crippen LogP contribution in [0.5, 0.6) is 0 Å². The maximum atomic E-state index is 12.2. The number of fused-ring (bicyclic) bond motifs is 1. The Morgan fingerprint density at radius 2 is 2.15 bits per heavy atom. The molecule has 0 aliphatic rings. The van der Waals surface area contributed by atoms with Crippen molar-refractivity contribution < 1.29 is 4.79 Å². The maximum Gasteiger partial charge on any atom is 0.278 e. The number of hydrogen-bond acceptors (Lipinski definition) is 4. The van der Waals surface area contributed by atoms with Gasteiger partial charge in [-0.25, -0.2) is 4.98 Å². The third-order valence-electron chi connectivity index (χ3n) is 2.99. The zero-order valence-corrected chi connectivity index (χ0v) is 12.3. The van der Waals surface area contributed by atoms with Crippen LogP contribution >= 0.6 is 11.3 Å². The van der Waals surface area contributed by atoms with Gasteiger partial charge < -0.3 is 0 Å². The molecule has 3 aromatic rings. The van der Waals surface area contributed by atoms with Gasteiger partial charge in [-0.15, -0.1) is 0 Å². The van der Waals surface area contributed by atoms with Gasteiger partial charge in [0.2, 0.25) is 0 Å². The molecule has 0 spiro atoms. The Hall–Kier alpha value is -2.21. The van der Waals surface area contributed by atoms with Crippen molar-refractivity contribution in [3.05, 3.63) is 41.2 Å². The molecule has 3 rings (SSSR count). The maximum absolute atomic E-state index is 12.2. The largest absolute Gasteiger partial charge is 0.296 e. The van der Waals surface area contributed by atoms with E-state index in [2.05, 4.69) is 21.5 Å². The van der Waals surface area contributed by atoms with Gasteiger partial charge in [0.15, 0.2) is 10.8 Å². The first-order valence-electron chi connectivity index (χ1n) is 6.22. The third kappa shape index (κ3) is 2.30. The van der Waals surface area contributed by atoms with Crippen LogP contribution in [0.3, 0.4) is 0 Å². The number of carbonyl (C=O) groups excluding carboxylic acids is 1. The minimum atomic E-state index is -0.223. The van der Waals surface area contributed by atoms with Crippen molar-refractivity contribution in [3.63, 3.8) is 0 Å². The summed E-state index contributed by atoms with van der Waals surface area (Å²) >= 11 is 1.47. The van der Waals surface area contributed by atoms with Gasteiger partial charge in [0.05, 0.1) is 10.2 Å². The highest BCUT2D eigenvalue weighted by molar-refractivity contribution is 7.22. The predicted octanol–water partition coefficient (Wildman–Crippen LogP) is 2.90. The van der Waals surface area contributed by atoms with Gasteiger partial charge in [-0.1, -0.05) is 17.4 Å². The molecule has 0 saturated carbocycles. The predicted molar refractivity (Wildman–Crippen MR) is 80.3 cm³/mol. The molecule has 0 unspecified atom stereocenters. The van der Waals surface area contributed by atoms with Crippen LogP contribution in [0.4, 0.5) is 5.13 Å². The quantitative estimate of drug-likeness (QED) is 0.788. The molecule has 0 fully saturated rings. The number of hydrogen-bond donors (Lipinski definition) is 1. The molecule has 0 atom stereocenters. The Morgan fingerprint density at radius 3 is 2.85 bits per heavy atom. The lowest BCUT2D eigenvalue weighted by atomic mass is 10.2. The molecule has 102 valence electrons. The molecule has 0 aliphatic heterocycles. The lowest BCUT2D eigenvalue weighted by molar-refractivity contribution is 0.102. The van der Waals surface area contributed by atoms with E-state index in [1.165, 1.54) is 16.9 Å². The van der Waals surface area contributed by atoms with E-state index in [-0.39, 0.29) is 5.91 Å². The summed E-state index contributed by atoms with van der Waals surface area (Å²) in [4.78, 5) is 16.6. The highest BCUT2D eigenvalue weighted by Gasteiger charge is 2.15. The van der Waals surface area contributed by atoms with E-state index in [4.69, 9.17) is 0 Å². The topological polar surface area (TPSA) is 59.8 Å². The second-order valence-corrected chi connectivity index (χ2v) is 5.81. The van der Waals surface area contributed by atoms with Gasteiger partial charge in [-0.05, 0) is 31.5 Å². The first-order chi connectivity index (χ1) is 9.52. The summed E-state index contributed by atoms with van der Waals surface area (Å²) in [7, 11) is 1.80. The lowest BCUT2D eigenvalue weighted by Crippen LogP contribution is -2.13. The van der Waals surface area contributed by atoms with Crippen molar-refractivity contribution >= 4 is 32.6 Å². The Morgan fingerprint density at radius 1 is 1.35 bits per heavy atom. The van der Waals surface area contributed by atoms with Gasteiger partial charge in [0, 0.05) is 18.8 Å². The molecule has 5 nitrogen and oxygen atoms in total. The number of aryl methyl sites for hydroxylation is 3. The minimum absolute atomic E-state index is 0.223. The summed E-state index contributed by atoms with van der Waals surface area (Å²) < 4.78 is 2.70. The second-order valence-electron chi connectivity index (χ2n) is 4.78. The monoisotopic (exact) mass is 286 g/mol. The summed E-state index contributed by atoms with van der Waals surface area (Å²) in [5.41, 5.74) is 3.36. The third-order valence-corrected chi connectivity index (χ3v) is 3.92. The number of aromatic nitrogens is 3. The number of thiazole rings is 1. The van der Waals surface area contributed by atoms with Crippen molar-refractivity contribution in [2.75, 3.05) is 5.32 Å². The van der Waals surface area contributed by atoms with Crippen LogP contribution < -0.4 is 5.32 Å². The number of nitrogens with zero attached hydrogens (tertiary/aromatic N) is 3. The molecular formula is C14H14N4OS. The average molecular weight is 286 g/mol. The summed E-state index contributed by atoms with van der Waals surface area (Å²) in [6.07, 6.45) is 1.82. The highest BCUT2D eigenvalue weighted by Crippen LogP contribution is 2.27. The number of benzene rings is 1. The zero-order valence-electron chi connectivity index (χ0n) is 11.5. The van der Waals surface area contributed by atoms with Crippen LogP contribution in [0, 0.1) is 13.8 Å². The first kappa shape index (κ1) is 12.8. The van der Waals surface area contributed by atoms with E-state index < -0.39 is 0 Å². The van der Waals surface area contributed by atoms with Gasteiger partial charge in [0.25, 0.3) is 5.91 Å². The summed E-state index contributed by atoms with van der Waals surface area (Å²) in [6.45, 7) is 3.90. The molecule has 1 N–H and O–H groups in total. The molecule has 20 heavy (non-hydrogen) atoms. The van der Waals surface area contributed by atoms with E-state index in [0.717, 1.165) is 15.8 Å². The molecule has 2 aromatic heterocycles. The van der Waals surface area contributed by atoms with Gasteiger partial charge in [-0.3, -0.25) is 14.8 Å². The van der Waals surface area contributed by atoms with Crippen molar-refractivity contribution in [3.8, 4) is 0 Å². The van der Waals surface area contributed by atoms with E-state index in [0.29, 0.717) is 10.8 Å². The number of nitrogens with one attached hydrogen (secondary N) is 1.